The lowest BCUT2D eigenvalue weighted by molar-refractivity contribution is 0.412. The van der Waals surface area contributed by atoms with Crippen LogP contribution in [0.15, 0.2) is 4.47 Å². The first kappa shape index (κ1) is 12.6. The molecule has 1 fully saturated rings. The van der Waals surface area contributed by atoms with Gasteiger partial charge in [-0.1, -0.05) is 22.9 Å². The molecule has 0 N–H and O–H groups in total. The molecule has 90 valence electrons. The van der Waals surface area contributed by atoms with E-state index in [0.717, 1.165) is 24.0 Å². The number of rotatable bonds is 2. The fourth-order valence-corrected chi connectivity index (χ4v) is 3.83. The molecule has 3 unspecified atom stereocenters. The van der Waals surface area contributed by atoms with Gasteiger partial charge in [-0.2, -0.15) is 5.10 Å². The van der Waals surface area contributed by atoms with E-state index in [1.807, 2.05) is 11.7 Å². The summed E-state index contributed by atoms with van der Waals surface area (Å²) in [6.45, 7) is 4.41. The molecule has 0 aliphatic heterocycles. The van der Waals surface area contributed by atoms with Crippen molar-refractivity contribution >= 4 is 31.9 Å². The van der Waals surface area contributed by atoms with Crippen molar-refractivity contribution in [2.75, 3.05) is 0 Å². The predicted molar refractivity (Wildman–Crippen MR) is 74.0 cm³/mol. The fraction of sp³-hybridized carbons (Fsp3) is 0.750. The molecular weight excluding hydrogens is 332 g/mol. The van der Waals surface area contributed by atoms with Crippen LogP contribution in [0.2, 0.25) is 0 Å². The molecule has 0 spiro atoms. The quantitative estimate of drug-likeness (QED) is 0.741. The van der Waals surface area contributed by atoms with Gasteiger partial charge in [-0.05, 0) is 54.0 Å². The molecule has 2 nitrogen and oxygen atoms in total. The summed E-state index contributed by atoms with van der Waals surface area (Å²) in [7, 11) is 2.04. The Kier molecular flexibility index (Phi) is 3.79. The largest absolute Gasteiger partial charge is 0.271 e. The summed E-state index contributed by atoms with van der Waals surface area (Å²) in [6, 6.07) is 0. The topological polar surface area (TPSA) is 17.8 Å². The zero-order valence-electron chi connectivity index (χ0n) is 10.0. The maximum atomic E-state index is 4.45. The molecule has 16 heavy (non-hydrogen) atoms. The van der Waals surface area contributed by atoms with E-state index in [2.05, 4.69) is 50.8 Å². The van der Waals surface area contributed by atoms with Gasteiger partial charge in [-0.15, -0.1) is 0 Å². The van der Waals surface area contributed by atoms with Crippen LogP contribution >= 0.6 is 31.9 Å². The summed E-state index contributed by atoms with van der Waals surface area (Å²) in [6.07, 6.45) is 3.77. The molecule has 1 heterocycles. The second-order valence-electron chi connectivity index (χ2n) is 4.89. The number of aromatic nitrogens is 2. The Bertz CT molecular complexity index is 387. The molecule has 0 amide bonds. The average Bonchev–Trinajstić information content (AvgIpc) is 2.66. The number of halogens is 2. The van der Waals surface area contributed by atoms with Gasteiger partial charge < -0.3 is 0 Å². The van der Waals surface area contributed by atoms with Gasteiger partial charge >= 0.3 is 0 Å². The van der Waals surface area contributed by atoms with Crippen LogP contribution in [0.5, 0.6) is 0 Å². The van der Waals surface area contributed by atoms with E-state index in [0.29, 0.717) is 4.83 Å². The summed E-state index contributed by atoms with van der Waals surface area (Å²) in [5.41, 5.74) is 2.44. The van der Waals surface area contributed by atoms with Gasteiger partial charge in [0.15, 0.2) is 0 Å². The second kappa shape index (κ2) is 4.81. The van der Waals surface area contributed by atoms with E-state index in [-0.39, 0.29) is 0 Å². The molecule has 1 aromatic rings. The Labute approximate surface area is 114 Å². The fourth-order valence-electron chi connectivity index (χ4n) is 2.63. The zero-order valence-corrected chi connectivity index (χ0v) is 13.2. The van der Waals surface area contributed by atoms with E-state index in [4.69, 9.17) is 0 Å². The van der Waals surface area contributed by atoms with Crippen molar-refractivity contribution in [1.82, 2.24) is 9.78 Å². The SMILES string of the molecule is Cc1nn(C)c(CC2CCC(Br)C2C)c1Br. The van der Waals surface area contributed by atoms with Crippen LogP contribution in [-0.4, -0.2) is 14.6 Å². The summed E-state index contributed by atoms with van der Waals surface area (Å²) < 4.78 is 3.22. The molecule has 0 radical (unpaired) electrons. The van der Waals surface area contributed by atoms with E-state index in [9.17, 15) is 0 Å². The van der Waals surface area contributed by atoms with Gasteiger partial charge in [0.05, 0.1) is 15.9 Å². The van der Waals surface area contributed by atoms with Crippen molar-refractivity contribution in [3.8, 4) is 0 Å². The van der Waals surface area contributed by atoms with Gasteiger partial charge in [-0.3, -0.25) is 4.68 Å². The third-order valence-corrected chi connectivity index (χ3v) is 6.17. The summed E-state index contributed by atoms with van der Waals surface area (Å²) >= 11 is 7.41. The highest BCUT2D eigenvalue weighted by Crippen LogP contribution is 2.39. The van der Waals surface area contributed by atoms with Gasteiger partial charge in [0.2, 0.25) is 0 Å². The molecule has 2 rings (SSSR count). The molecule has 4 heteroatoms. The van der Waals surface area contributed by atoms with E-state index < -0.39 is 0 Å². The molecule has 1 aliphatic carbocycles. The summed E-state index contributed by atoms with van der Waals surface area (Å²) in [4.78, 5) is 0.700. The van der Waals surface area contributed by atoms with Crippen LogP contribution in [0, 0.1) is 18.8 Å². The Morgan fingerprint density at radius 1 is 1.44 bits per heavy atom. The maximum Gasteiger partial charge on any atom is 0.0738 e. The smallest absolute Gasteiger partial charge is 0.0738 e. The van der Waals surface area contributed by atoms with Crippen molar-refractivity contribution < 1.29 is 0 Å². The van der Waals surface area contributed by atoms with Crippen LogP contribution in [0.4, 0.5) is 0 Å². The second-order valence-corrected chi connectivity index (χ2v) is 6.86. The standard InChI is InChI=1S/C12H18Br2N2/c1-7-9(4-5-10(7)13)6-11-12(14)8(2)15-16(11)3/h7,9-10H,4-6H2,1-3H3. The van der Waals surface area contributed by atoms with Gasteiger partial charge in [0, 0.05) is 11.9 Å². The minimum absolute atomic E-state index is 0.700. The van der Waals surface area contributed by atoms with Crippen molar-refractivity contribution in [3.05, 3.63) is 15.9 Å². The highest BCUT2D eigenvalue weighted by molar-refractivity contribution is 9.10. The predicted octanol–water partition coefficient (Wildman–Crippen LogP) is 3.84. The van der Waals surface area contributed by atoms with E-state index in [1.165, 1.54) is 23.0 Å². The van der Waals surface area contributed by atoms with Gasteiger partial charge in [0.25, 0.3) is 0 Å². The van der Waals surface area contributed by atoms with E-state index >= 15 is 0 Å². The maximum absolute atomic E-state index is 4.45. The lowest BCUT2D eigenvalue weighted by Gasteiger charge is -2.17. The van der Waals surface area contributed by atoms with Crippen LogP contribution in [0.3, 0.4) is 0 Å². The first-order valence-electron chi connectivity index (χ1n) is 5.82. The molecule has 0 bridgehead atoms. The third kappa shape index (κ3) is 2.23. The first-order valence-corrected chi connectivity index (χ1v) is 7.53. The Morgan fingerprint density at radius 3 is 2.56 bits per heavy atom. The molecule has 0 aromatic carbocycles. The summed E-state index contributed by atoms with van der Waals surface area (Å²) in [5, 5.41) is 4.45. The Morgan fingerprint density at radius 2 is 2.12 bits per heavy atom. The van der Waals surface area contributed by atoms with Gasteiger partial charge in [0.1, 0.15) is 0 Å². The first-order chi connectivity index (χ1) is 7.50. The van der Waals surface area contributed by atoms with Crippen LogP contribution in [-0.2, 0) is 13.5 Å². The average molecular weight is 350 g/mol. The van der Waals surface area contributed by atoms with Crippen LogP contribution in [0.1, 0.15) is 31.2 Å². The number of alkyl halides is 1. The number of aryl methyl sites for hydroxylation is 2. The molecule has 0 saturated heterocycles. The molecule has 1 aromatic heterocycles. The minimum atomic E-state index is 0.700. The number of nitrogens with zero attached hydrogens (tertiary/aromatic N) is 2. The monoisotopic (exact) mass is 348 g/mol. The van der Waals surface area contributed by atoms with Gasteiger partial charge in [-0.25, -0.2) is 0 Å². The Hall–Kier alpha value is 0.170. The highest BCUT2D eigenvalue weighted by atomic mass is 79.9. The highest BCUT2D eigenvalue weighted by Gasteiger charge is 2.32. The van der Waals surface area contributed by atoms with Crippen molar-refractivity contribution in [3.63, 3.8) is 0 Å². The lowest BCUT2D eigenvalue weighted by atomic mass is 9.93. The molecule has 1 saturated carbocycles. The molecule has 1 aliphatic rings. The number of hydrogen-bond donors (Lipinski definition) is 0. The third-order valence-electron chi connectivity index (χ3n) is 3.84. The number of hydrogen-bond acceptors (Lipinski definition) is 1. The zero-order chi connectivity index (χ0) is 11.9. The van der Waals surface area contributed by atoms with Crippen molar-refractivity contribution in [1.29, 1.82) is 0 Å². The van der Waals surface area contributed by atoms with Crippen LogP contribution < -0.4 is 0 Å². The van der Waals surface area contributed by atoms with E-state index in [1.54, 1.807) is 0 Å². The summed E-state index contributed by atoms with van der Waals surface area (Å²) in [5.74, 6) is 1.55. The van der Waals surface area contributed by atoms with Crippen molar-refractivity contribution in [2.24, 2.45) is 18.9 Å². The molecular formula is C12H18Br2N2. The lowest BCUT2D eigenvalue weighted by Crippen LogP contribution is -2.15. The Balaban J connectivity index is 2.15. The normalized spacial score (nSPS) is 29.9. The minimum Gasteiger partial charge on any atom is -0.271 e. The van der Waals surface area contributed by atoms with Crippen molar-refractivity contribution in [2.45, 2.75) is 37.9 Å². The molecule has 3 atom stereocenters. The van der Waals surface area contributed by atoms with Crippen LogP contribution in [0.25, 0.3) is 0 Å².